The quantitative estimate of drug-likeness (QED) is 0.710. The Kier molecular flexibility index (Phi) is 6.58. The van der Waals surface area contributed by atoms with Crippen molar-refractivity contribution < 1.29 is 19.4 Å². The Balaban J connectivity index is 2.11. The van der Waals surface area contributed by atoms with Gasteiger partial charge in [0.2, 0.25) is 0 Å². The highest BCUT2D eigenvalue weighted by molar-refractivity contribution is 6.06. The van der Waals surface area contributed by atoms with Crippen LogP contribution in [0.15, 0.2) is 48.5 Å². The fourth-order valence-corrected chi connectivity index (χ4v) is 2.40. The van der Waals surface area contributed by atoms with Gasteiger partial charge < -0.3 is 15.2 Å². The van der Waals surface area contributed by atoms with Gasteiger partial charge in [-0.15, -0.1) is 0 Å². The number of ether oxygens (including phenoxy) is 1. The highest BCUT2D eigenvalue weighted by Crippen LogP contribution is 2.23. The van der Waals surface area contributed by atoms with Gasteiger partial charge in [-0.1, -0.05) is 31.2 Å². The van der Waals surface area contributed by atoms with E-state index < -0.39 is 17.8 Å². The lowest BCUT2D eigenvalue weighted by molar-refractivity contribution is 0.0635. The van der Waals surface area contributed by atoms with Crippen LogP contribution in [0.4, 0.5) is 16.2 Å². The molecule has 3 N–H and O–H groups in total. The second-order valence-corrected chi connectivity index (χ2v) is 7.17. The number of para-hydroxylation sites is 2. The molecular weight excluding hydrogens is 344 g/mol. The van der Waals surface area contributed by atoms with Gasteiger partial charge in [-0.25, -0.2) is 4.79 Å². The number of rotatable bonds is 5. The Morgan fingerprint density at radius 2 is 1.56 bits per heavy atom. The molecule has 2 aromatic rings. The van der Waals surface area contributed by atoms with Gasteiger partial charge in [-0.05, 0) is 57.0 Å². The van der Waals surface area contributed by atoms with E-state index in [4.69, 9.17) is 4.74 Å². The molecule has 0 aliphatic carbocycles. The lowest BCUT2D eigenvalue weighted by Gasteiger charge is -2.20. The number of carbonyl (C=O) groups is 2. The molecule has 27 heavy (non-hydrogen) atoms. The number of hydrogen-bond acceptors (Lipinski definition) is 4. The standard InChI is InChI=1S/C21H26N2O4/c1-5-18(24)14-10-12-15(13-11-14)19(25)22-16-8-6-7-9-17(16)23-20(26)27-21(2,3)4/h6-13,18,24H,5H2,1-4H3,(H,22,25)(H,23,26). The molecule has 1 atom stereocenters. The summed E-state index contributed by atoms with van der Waals surface area (Å²) in [6.07, 6.45) is -0.530. The molecule has 144 valence electrons. The fraction of sp³-hybridized carbons (Fsp3) is 0.333. The molecule has 0 spiro atoms. The van der Waals surface area contributed by atoms with Crippen molar-refractivity contribution in [2.24, 2.45) is 0 Å². The monoisotopic (exact) mass is 370 g/mol. The topological polar surface area (TPSA) is 87.7 Å². The summed E-state index contributed by atoms with van der Waals surface area (Å²) in [6, 6.07) is 13.7. The Labute approximate surface area is 159 Å². The third-order valence-electron chi connectivity index (χ3n) is 3.76. The van der Waals surface area contributed by atoms with Crippen LogP contribution in [-0.4, -0.2) is 22.7 Å². The number of benzene rings is 2. The Hall–Kier alpha value is -2.86. The van der Waals surface area contributed by atoms with E-state index in [1.807, 2.05) is 6.92 Å². The molecule has 0 fully saturated rings. The number of anilines is 2. The second kappa shape index (κ2) is 8.68. The molecule has 1 unspecified atom stereocenters. The lowest BCUT2D eigenvalue weighted by Crippen LogP contribution is -2.27. The van der Waals surface area contributed by atoms with Gasteiger partial charge in [0, 0.05) is 5.56 Å². The van der Waals surface area contributed by atoms with Crippen LogP contribution in [0.1, 0.15) is 56.1 Å². The minimum Gasteiger partial charge on any atom is -0.444 e. The predicted octanol–water partition coefficient (Wildman–Crippen LogP) is 4.73. The molecule has 0 saturated carbocycles. The molecule has 0 heterocycles. The first kappa shape index (κ1) is 20.5. The molecule has 0 aromatic heterocycles. The fourth-order valence-electron chi connectivity index (χ4n) is 2.40. The van der Waals surface area contributed by atoms with E-state index in [2.05, 4.69) is 10.6 Å². The maximum atomic E-state index is 12.5. The van der Waals surface area contributed by atoms with Crippen LogP contribution >= 0.6 is 0 Å². The van der Waals surface area contributed by atoms with Crippen molar-refractivity contribution in [3.8, 4) is 0 Å². The van der Waals surface area contributed by atoms with Crippen molar-refractivity contribution >= 4 is 23.4 Å². The zero-order chi connectivity index (χ0) is 20.0. The first-order valence-electron chi connectivity index (χ1n) is 8.88. The van der Waals surface area contributed by atoms with Gasteiger partial charge in [-0.2, -0.15) is 0 Å². The largest absolute Gasteiger partial charge is 0.444 e. The van der Waals surface area contributed by atoms with E-state index in [1.165, 1.54) is 0 Å². The van der Waals surface area contributed by atoms with E-state index in [0.717, 1.165) is 5.56 Å². The van der Waals surface area contributed by atoms with Gasteiger partial charge in [-0.3, -0.25) is 10.1 Å². The van der Waals surface area contributed by atoms with Crippen LogP contribution in [-0.2, 0) is 4.74 Å². The first-order chi connectivity index (χ1) is 12.7. The smallest absolute Gasteiger partial charge is 0.412 e. The Morgan fingerprint density at radius 1 is 1.00 bits per heavy atom. The number of aliphatic hydroxyl groups excluding tert-OH is 1. The van der Waals surface area contributed by atoms with Crippen molar-refractivity contribution in [2.45, 2.75) is 45.8 Å². The summed E-state index contributed by atoms with van der Waals surface area (Å²) in [4.78, 5) is 24.5. The maximum Gasteiger partial charge on any atom is 0.412 e. The second-order valence-electron chi connectivity index (χ2n) is 7.17. The molecular formula is C21H26N2O4. The van der Waals surface area contributed by atoms with Crippen LogP contribution < -0.4 is 10.6 Å². The molecule has 2 amide bonds. The molecule has 0 saturated heterocycles. The van der Waals surface area contributed by atoms with E-state index in [-0.39, 0.29) is 5.91 Å². The van der Waals surface area contributed by atoms with Gasteiger partial charge in [0.1, 0.15) is 5.60 Å². The van der Waals surface area contributed by atoms with E-state index in [1.54, 1.807) is 69.3 Å². The Morgan fingerprint density at radius 3 is 2.07 bits per heavy atom. The van der Waals surface area contributed by atoms with Crippen molar-refractivity contribution in [1.29, 1.82) is 0 Å². The predicted molar refractivity (Wildman–Crippen MR) is 106 cm³/mol. The minimum absolute atomic E-state index is 0.314. The number of carbonyl (C=O) groups excluding carboxylic acids is 2. The number of hydrogen-bond donors (Lipinski definition) is 3. The van der Waals surface area contributed by atoms with Crippen molar-refractivity contribution in [2.75, 3.05) is 10.6 Å². The summed E-state index contributed by atoms with van der Waals surface area (Å²) in [5.74, 6) is -0.314. The molecule has 0 bridgehead atoms. The normalized spacial score (nSPS) is 12.2. The van der Waals surface area contributed by atoms with Gasteiger partial charge >= 0.3 is 6.09 Å². The molecule has 0 aliphatic rings. The van der Waals surface area contributed by atoms with Crippen LogP contribution in [0.3, 0.4) is 0 Å². The molecule has 2 aromatic carbocycles. The minimum atomic E-state index is -0.618. The van der Waals surface area contributed by atoms with Gasteiger partial charge in [0.25, 0.3) is 5.91 Å². The zero-order valence-electron chi connectivity index (χ0n) is 16.1. The first-order valence-corrected chi connectivity index (χ1v) is 8.88. The third-order valence-corrected chi connectivity index (χ3v) is 3.76. The summed E-state index contributed by atoms with van der Waals surface area (Å²) < 4.78 is 5.25. The summed E-state index contributed by atoms with van der Waals surface area (Å²) in [5, 5.41) is 15.3. The molecule has 0 radical (unpaired) electrons. The number of amides is 2. The maximum absolute atomic E-state index is 12.5. The highest BCUT2D eigenvalue weighted by atomic mass is 16.6. The number of aliphatic hydroxyl groups is 1. The summed E-state index contributed by atoms with van der Waals surface area (Å²) in [6.45, 7) is 7.22. The molecule has 6 nitrogen and oxygen atoms in total. The van der Waals surface area contributed by atoms with E-state index in [0.29, 0.717) is 23.4 Å². The lowest BCUT2D eigenvalue weighted by atomic mass is 10.0. The van der Waals surface area contributed by atoms with Gasteiger partial charge in [0.05, 0.1) is 17.5 Å². The molecule has 0 aliphatic heterocycles. The van der Waals surface area contributed by atoms with E-state index >= 15 is 0 Å². The zero-order valence-corrected chi connectivity index (χ0v) is 16.1. The number of nitrogens with one attached hydrogen (secondary N) is 2. The molecule has 2 rings (SSSR count). The van der Waals surface area contributed by atoms with Crippen LogP contribution in [0.5, 0.6) is 0 Å². The van der Waals surface area contributed by atoms with Crippen molar-refractivity contribution in [3.63, 3.8) is 0 Å². The van der Waals surface area contributed by atoms with Gasteiger partial charge in [0.15, 0.2) is 0 Å². The average Bonchev–Trinajstić information content (AvgIpc) is 2.61. The third kappa shape index (κ3) is 6.11. The summed E-state index contributed by atoms with van der Waals surface area (Å²) in [7, 11) is 0. The van der Waals surface area contributed by atoms with Crippen LogP contribution in [0.2, 0.25) is 0 Å². The highest BCUT2D eigenvalue weighted by Gasteiger charge is 2.18. The SMILES string of the molecule is CCC(O)c1ccc(C(=O)Nc2ccccc2NC(=O)OC(C)(C)C)cc1. The van der Waals surface area contributed by atoms with Crippen LogP contribution in [0, 0.1) is 0 Å². The average molecular weight is 370 g/mol. The van der Waals surface area contributed by atoms with Crippen molar-refractivity contribution in [1.82, 2.24) is 0 Å². The van der Waals surface area contributed by atoms with Crippen molar-refractivity contribution in [3.05, 3.63) is 59.7 Å². The Bertz CT molecular complexity index is 795. The van der Waals surface area contributed by atoms with E-state index in [9.17, 15) is 14.7 Å². The van der Waals surface area contributed by atoms with Crippen LogP contribution in [0.25, 0.3) is 0 Å². The summed E-state index contributed by atoms with van der Waals surface area (Å²) >= 11 is 0. The summed E-state index contributed by atoms with van der Waals surface area (Å²) in [5.41, 5.74) is 1.51. The molecule has 6 heteroatoms.